The van der Waals surface area contributed by atoms with Gasteiger partial charge in [0.1, 0.15) is 5.01 Å². The first-order valence-corrected chi connectivity index (χ1v) is 8.56. The van der Waals surface area contributed by atoms with E-state index in [4.69, 9.17) is 11.6 Å². The number of rotatable bonds is 2. The van der Waals surface area contributed by atoms with E-state index in [1.807, 2.05) is 19.1 Å². The summed E-state index contributed by atoms with van der Waals surface area (Å²) in [5.74, 6) is 0. The van der Waals surface area contributed by atoms with E-state index >= 15 is 0 Å². The molecule has 0 spiro atoms. The lowest BCUT2D eigenvalue weighted by atomic mass is 10.1. The van der Waals surface area contributed by atoms with Crippen molar-refractivity contribution in [3.63, 3.8) is 0 Å². The van der Waals surface area contributed by atoms with Gasteiger partial charge in [0.2, 0.25) is 4.96 Å². The van der Waals surface area contributed by atoms with Crippen LogP contribution >= 0.6 is 22.9 Å². The molecule has 0 N–H and O–H groups in total. The Bertz CT molecular complexity index is 1130. The number of halogens is 1. The topological polar surface area (TPSA) is 60.2 Å². The molecule has 0 saturated carbocycles. The maximum Gasteiger partial charge on any atom is 0.284 e. The largest absolute Gasteiger partial charge is 0.284 e. The maximum absolute atomic E-state index is 12.7. The zero-order chi connectivity index (χ0) is 16.1. The molecule has 0 radical (unpaired) electrons. The molecule has 0 fully saturated rings. The van der Waals surface area contributed by atoms with E-state index in [1.54, 1.807) is 6.20 Å². The summed E-state index contributed by atoms with van der Waals surface area (Å²) in [6, 6.07) is 3.69. The van der Waals surface area contributed by atoms with Crippen LogP contribution in [0.15, 0.2) is 23.1 Å². The van der Waals surface area contributed by atoms with E-state index < -0.39 is 0 Å². The van der Waals surface area contributed by atoms with Crippen molar-refractivity contribution in [3.8, 4) is 0 Å². The molecule has 4 aromatic rings. The molecule has 0 bridgehead atoms. The highest BCUT2D eigenvalue weighted by molar-refractivity contribution is 7.16. The summed E-state index contributed by atoms with van der Waals surface area (Å²) in [4.78, 5) is 22.4. The Hall–Kier alpha value is -2.05. The zero-order valence-corrected chi connectivity index (χ0v) is 14.2. The first-order chi connectivity index (χ1) is 11.1. The van der Waals surface area contributed by atoms with E-state index in [1.165, 1.54) is 15.9 Å². The molecule has 0 aliphatic rings. The third kappa shape index (κ3) is 2.13. The number of pyridine rings is 1. The fraction of sp³-hybridized carbons (Fsp3) is 0.250. The van der Waals surface area contributed by atoms with Gasteiger partial charge in [-0.3, -0.25) is 9.78 Å². The smallest absolute Gasteiger partial charge is 0.266 e. The van der Waals surface area contributed by atoms with Crippen LogP contribution in [0.25, 0.3) is 26.8 Å². The average Bonchev–Trinajstić information content (AvgIpc) is 2.94. The van der Waals surface area contributed by atoms with Crippen molar-refractivity contribution in [3.05, 3.63) is 44.3 Å². The van der Waals surface area contributed by atoms with Crippen molar-refractivity contribution in [1.82, 2.24) is 19.6 Å². The predicted octanol–water partition coefficient (Wildman–Crippen LogP) is 3.77. The molecule has 23 heavy (non-hydrogen) atoms. The molecule has 0 amide bonds. The summed E-state index contributed by atoms with van der Waals surface area (Å²) in [7, 11) is 0. The Balaban J connectivity index is 2.16. The second-order valence-electron chi connectivity index (χ2n) is 5.45. The van der Waals surface area contributed by atoms with Crippen LogP contribution in [0.5, 0.6) is 0 Å². The van der Waals surface area contributed by atoms with Gasteiger partial charge in [0.15, 0.2) is 0 Å². The molecular formula is C16H13ClN4OS. The number of fused-ring (bicyclic) bond motifs is 4. The number of benzene rings is 1. The molecular weight excluding hydrogens is 332 g/mol. The van der Waals surface area contributed by atoms with E-state index in [0.717, 1.165) is 34.3 Å². The van der Waals surface area contributed by atoms with Gasteiger partial charge in [-0.25, -0.2) is 4.98 Å². The van der Waals surface area contributed by atoms with Crippen LogP contribution < -0.4 is 5.56 Å². The highest BCUT2D eigenvalue weighted by Gasteiger charge is 2.14. The van der Waals surface area contributed by atoms with Crippen LogP contribution in [-0.2, 0) is 6.42 Å². The summed E-state index contributed by atoms with van der Waals surface area (Å²) in [5.41, 5.74) is 2.15. The van der Waals surface area contributed by atoms with Gasteiger partial charge >= 0.3 is 0 Å². The van der Waals surface area contributed by atoms with Crippen LogP contribution in [0.4, 0.5) is 0 Å². The minimum Gasteiger partial charge on any atom is -0.266 e. The van der Waals surface area contributed by atoms with Crippen molar-refractivity contribution in [2.75, 3.05) is 0 Å². The Kier molecular flexibility index (Phi) is 3.32. The summed E-state index contributed by atoms with van der Waals surface area (Å²) in [6.07, 6.45) is 3.40. The average molecular weight is 345 g/mol. The second kappa shape index (κ2) is 5.25. The van der Waals surface area contributed by atoms with Crippen molar-refractivity contribution in [1.29, 1.82) is 0 Å². The van der Waals surface area contributed by atoms with Gasteiger partial charge in [-0.15, -0.1) is 0 Å². The summed E-state index contributed by atoms with van der Waals surface area (Å²) < 4.78 is 1.38. The van der Waals surface area contributed by atoms with Crippen LogP contribution in [0.1, 0.15) is 23.9 Å². The van der Waals surface area contributed by atoms with Gasteiger partial charge in [0.05, 0.1) is 16.4 Å². The number of hydrogen-bond donors (Lipinski definition) is 0. The van der Waals surface area contributed by atoms with Crippen molar-refractivity contribution in [2.24, 2.45) is 0 Å². The monoisotopic (exact) mass is 344 g/mol. The Morgan fingerprint density at radius 2 is 2.09 bits per heavy atom. The molecule has 116 valence electrons. The van der Waals surface area contributed by atoms with Gasteiger partial charge in [0, 0.05) is 23.0 Å². The minimum absolute atomic E-state index is 0.175. The van der Waals surface area contributed by atoms with Gasteiger partial charge < -0.3 is 0 Å². The predicted molar refractivity (Wildman–Crippen MR) is 93.7 cm³/mol. The molecule has 0 saturated heterocycles. The van der Waals surface area contributed by atoms with Crippen LogP contribution in [0, 0.1) is 6.92 Å². The Labute approximate surface area is 140 Å². The van der Waals surface area contributed by atoms with Gasteiger partial charge in [0.25, 0.3) is 5.56 Å². The maximum atomic E-state index is 12.7. The van der Waals surface area contributed by atoms with E-state index in [0.29, 0.717) is 20.9 Å². The molecule has 3 heterocycles. The van der Waals surface area contributed by atoms with E-state index in [9.17, 15) is 4.79 Å². The number of hydrogen-bond acceptors (Lipinski definition) is 5. The highest BCUT2D eigenvalue weighted by atomic mass is 35.5. The highest BCUT2D eigenvalue weighted by Crippen LogP contribution is 2.28. The normalized spacial score (nSPS) is 11.8. The fourth-order valence-electron chi connectivity index (χ4n) is 2.70. The van der Waals surface area contributed by atoms with E-state index in [-0.39, 0.29) is 5.56 Å². The molecule has 1 aromatic carbocycles. The number of aromatic nitrogens is 4. The number of nitrogens with zero attached hydrogens (tertiary/aromatic N) is 4. The third-order valence-corrected chi connectivity index (χ3v) is 5.27. The molecule has 0 aliphatic carbocycles. The quantitative estimate of drug-likeness (QED) is 0.519. The lowest BCUT2D eigenvalue weighted by Crippen LogP contribution is -2.15. The van der Waals surface area contributed by atoms with Gasteiger partial charge in [-0.1, -0.05) is 29.9 Å². The summed E-state index contributed by atoms with van der Waals surface area (Å²) in [5, 5.41) is 7.27. The van der Waals surface area contributed by atoms with Gasteiger partial charge in [-0.05, 0) is 31.0 Å². The van der Waals surface area contributed by atoms with Crippen molar-refractivity contribution in [2.45, 2.75) is 26.7 Å². The SMILES string of the molecule is CCCc1nn2c(=O)c3cnc4c(C)c(Cl)ccc4c3nc2s1. The van der Waals surface area contributed by atoms with Crippen LogP contribution in [0.2, 0.25) is 5.02 Å². The lowest BCUT2D eigenvalue weighted by molar-refractivity contribution is 0.829. The molecule has 7 heteroatoms. The summed E-state index contributed by atoms with van der Waals surface area (Å²) in [6.45, 7) is 4.00. The molecule has 5 nitrogen and oxygen atoms in total. The summed E-state index contributed by atoms with van der Waals surface area (Å²) >= 11 is 7.63. The molecule has 3 aromatic heterocycles. The molecule has 0 atom stereocenters. The lowest BCUT2D eigenvalue weighted by Gasteiger charge is -2.06. The first-order valence-electron chi connectivity index (χ1n) is 7.36. The number of aryl methyl sites for hydroxylation is 2. The fourth-order valence-corrected chi connectivity index (χ4v) is 3.83. The Morgan fingerprint density at radius 3 is 2.87 bits per heavy atom. The molecule has 0 aliphatic heterocycles. The van der Waals surface area contributed by atoms with Crippen LogP contribution in [-0.4, -0.2) is 19.6 Å². The van der Waals surface area contributed by atoms with Crippen molar-refractivity contribution >= 4 is 49.7 Å². The second-order valence-corrected chi connectivity index (χ2v) is 6.89. The minimum atomic E-state index is -0.175. The van der Waals surface area contributed by atoms with Crippen molar-refractivity contribution < 1.29 is 0 Å². The van der Waals surface area contributed by atoms with Crippen LogP contribution in [0.3, 0.4) is 0 Å². The standard InChI is InChI=1S/C16H13ClN4OS/c1-3-4-12-20-21-15(22)10-7-18-13-8(2)11(17)6-5-9(13)14(10)19-16(21)23-12/h5-7H,3-4H2,1-2H3. The molecule has 4 rings (SSSR count). The third-order valence-electron chi connectivity index (χ3n) is 3.89. The zero-order valence-electron chi connectivity index (χ0n) is 12.6. The first kappa shape index (κ1) is 14.5. The van der Waals surface area contributed by atoms with E-state index in [2.05, 4.69) is 22.0 Å². The molecule has 0 unspecified atom stereocenters. The van der Waals surface area contributed by atoms with Gasteiger partial charge in [-0.2, -0.15) is 9.61 Å². The Morgan fingerprint density at radius 1 is 1.26 bits per heavy atom.